The van der Waals surface area contributed by atoms with Crippen LogP contribution in [0.5, 0.6) is 0 Å². The molecule has 0 unspecified atom stereocenters. The lowest BCUT2D eigenvalue weighted by atomic mass is 9.76. The van der Waals surface area contributed by atoms with E-state index in [1.165, 1.54) is 26.4 Å². The van der Waals surface area contributed by atoms with Gasteiger partial charge in [0, 0.05) is 0 Å². The largest absolute Gasteiger partial charge is 0.469 e. The fourth-order valence-corrected chi connectivity index (χ4v) is 2.23. The number of methoxy groups -OCH3 is 1. The van der Waals surface area contributed by atoms with Crippen molar-refractivity contribution >= 4 is 5.97 Å². The molecule has 0 aliphatic heterocycles. The molecule has 0 aromatic rings. The number of carbonyl (C=O) groups excluding carboxylic acids is 1. The zero-order chi connectivity index (χ0) is 10.6. The second kappa shape index (κ2) is 4.78. The molecule has 0 saturated heterocycles. The second-order valence-corrected chi connectivity index (χ2v) is 4.45. The van der Waals surface area contributed by atoms with Crippen LogP contribution in [0.15, 0.2) is 0 Å². The smallest absolute Gasteiger partial charge is 0.308 e. The first-order chi connectivity index (χ1) is 6.56. The highest BCUT2D eigenvalue weighted by Gasteiger charge is 2.34. The fraction of sp³-hybridized carbons (Fsp3) is 0.909. The molecule has 0 spiro atoms. The van der Waals surface area contributed by atoms with Crippen LogP contribution in [0.1, 0.15) is 45.4 Å². The first kappa shape index (κ1) is 11.5. The van der Waals surface area contributed by atoms with Crippen molar-refractivity contribution < 1.29 is 14.6 Å². The summed E-state index contributed by atoms with van der Waals surface area (Å²) in [5, 5.41) is 10.1. The van der Waals surface area contributed by atoms with Crippen LogP contribution in [-0.2, 0) is 9.53 Å². The third-order valence-corrected chi connectivity index (χ3v) is 3.21. The molecule has 3 heteroatoms. The third kappa shape index (κ3) is 2.98. The molecular weight excluding hydrogens is 180 g/mol. The molecule has 1 N–H and O–H groups in total. The first-order valence-corrected chi connectivity index (χ1v) is 5.35. The lowest BCUT2D eigenvalue weighted by Crippen LogP contribution is -2.38. The number of rotatable bonds is 3. The molecule has 0 radical (unpaired) electrons. The molecule has 0 bridgehead atoms. The average Bonchev–Trinajstić information content (AvgIpc) is 2.18. The van der Waals surface area contributed by atoms with Gasteiger partial charge in [-0.05, 0) is 25.7 Å². The molecule has 3 nitrogen and oxygen atoms in total. The van der Waals surface area contributed by atoms with Crippen molar-refractivity contribution in [2.75, 3.05) is 7.11 Å². The van der Waals surface area contributed by atoms with Gasteiger partial charge in [0.25, 0.3) is 0 Å². The third-order valence-electron chi connectivity index (χ3n) is 3.21. The maximum Gasteiger partial charge on any atom is 0.308 e. The summed E-state index contributed by atoms with van der Waals surface area (Å²) in [4.78, 5) is 11.1. The molecule has 1 atom stereocenters. The van der Waals surface area contributed by atoms with E-state index in [0.717, 1.165) is 12.8 Å². The van der Waals surface area contributed by atoms with Gasteiger partial charge in [-0.25, -0.2) is 0 Å². The van der Waals surface area contributed by atoms with Gasteiger partial charge >= 0.3 is 5.97 Å². The molecule has 82 valence electrons. The summed E-state index contributed by atoms with van der Waals surface area (Å²) >= 11 is 0. The molecule has 1 aliphatic rings. The van der Waals surface area contributed by atoms with E-state index in [2.05, 4.69) is 4.74 Å². The zero-order valence-electron chi connectivity index (χ0n) is 9.08. The summed E-state index contributed by atoms with van der Waals surface area (Å²) in [7, 11) is 1.36. The van der Waals surface area contributed by atoms with E-state index < -0.39 is 5.60 Å². The van der Waals surface area contributed by atoms with Crippen molar-refractivity contribution in [1.82, 2.24) is 0 Å². The number of aliphatic hydroxyl groups is 1. The monoisotopic (exact) mass is 200 g/mol. The van der Waals surface area contributed by atoms with Crippen molar-refractivity contribution in [2.45, 2.75) is 51.0 Å². The van der Waals surface area contributed by atoms with Gasteiger partial charge in [0.15, 0.2) is 0 Å². The molecule has 1 saturated carbocycles. The molecule has 0 aromatic heterocycles. The zero-order valence-corrected chi connectivity index (χ0v) is 9.08. The average molecular weight is 200 g/mol. The molecule has 14 heavy (non-hydrogen) atoms. The van der Waals surface area contributed by atoms with E-state index in [1.807, 2.05) is 0 Å². The maximum absolute atomic E-state index is 11.1. The van der Waals surface area contributed by atoms with E-state index in [4.69, 9.17) is 0 Å². The Hall–Kier alpha value is -0.570. The van der Waals surface area contributed by atoms with E-state index in [1.54, 1.807) is 6.92 Å². The normalized spacial score (nSPS) is 22.8. The molecule has 0 aromatic carbocycles. The number of esters is 1. The predicted molar refractivity (Wildman–Crippen MR) is 53.8 cm³/mol. The molecule has 0 amide bonds. The van der Waals surface area contributed by atoms with Gasteiger partial charge in [-0.3, -0.25) is 4.79 Å². The van der Waals surface area contributed by atoms with Gasteiger partial charge in [-0.15, -0.1) is 0 Å². The number of ether oxygens (including phenoxy) is 1. The Kier molecular flexibility index (Phi) is 3.93. The number of hydrogen-bond donors (Lipinski definition) is 1. The van der Waals surface area contributed by atoms with E-state index in [0.29, 0.717) is 0 Å². The highest BCUT2D eigenvalue weighted by atomic mass is 16.5. The SMILES string of the molecule is COC(=O)C[C@](C)(O)C1CCCCC1. The van der Waals surface area contributed by atoms with Gasteiger partial charge < -0.3 is 9.84 Å². The summed E-state index contributed by atoms with van der Waals surface area (Å²) in [5.41, 5.74) is -0.881. The van der Waals surface area contributed by atoms with Gasteiger partial charge in [-0.1, -0.05) is 19.3 Å². The van der Waals surface area contributed by atoms with Crippen molar-refractivity contribution in [3.8, 4) is 0 Å². The number of hydrogen-bond acceptors (Lipinski definition) is 3. The summed E-state index contributed by atoms with van der Waals surface area (Å²) in [6, 6.07) is 0. The summed E-state index contributed by atoms with van der Waals surface area (Å²) in [6.45, 7) is 1.75. The Balaban J connectivity index is 2.49. The van der Waals surface area contributed by atoms with Gasteiger partial charge in [0.2, 0.25) is 0 Å². The summed E-state index contributed by atoms with van der Waals surface area (Å²) in [5.74, 6) is -0.0593. The van der Waals surface area contributed by atoms with Crippen LogP contribution in [0.25, 0.3) is 0 Å². The van der Waals surface area contributed by atoms with Crippen LogP contribution in [0.4, 0.5) is 0 Å². The summed E-state index contributed by atoms with van der Waals surface area (Å²) < 4.78 is 4.58. The predicted octanol–water partition coefficient (Wildman–Crippen LogP) is 1.88. The van der Waals surface area contributed by atoms with Gasteiger partial charge in [-0.2, -0.15) is 0 Å². The van der Waals surface area contributed by atoms with Crippen molar-refractivity contribution in [3.05, 3.63) is 0 Å². The van der Waals surface area contributed by atoms with Gasteiger partial charge in [0.05, 0.1) is 19.1 Å². The lowest BCUT2D eigenvalue weighted by molar-refractivity contribution is -0.148. The Morgan fingerprint density at radius 3 is 2.50 bits per heavy atom. The minimum atomic E-state index is -0.881. The van der Waals surface area contributed by atoms with Crippen LogP contribution in [0.2, 0.25) is 0 Å². The molecular formula is C11H20O3. The maximum atomic E-state index is 11.1. The minimum absolute atomic E-state index is 0.119. The van der Waals surface area contributed by atoms with E-state index in [-0.39, 0.29) is 18.3 Å². The van der Waals surface area contributed by atoms with Crippen LogP contribution in [0, 0.1) is 5.92 Å². The Labute approximate surface area is 85.5 Å². The number of carbonyl (C=O) groups is 1. The lowest BCUT2D eigenvalue weighted by Gasteiger charge is -2.34. The van der Waals surface area contributed by atoms with Crippen LogP contribution in [-0.4, -0.2) is 23.8 Å². The fourth-order valence-electron chi connectivity index (χ4n) is 2.23. The Morgan fingerprint density at radius 2 is 2.00 bits per heavy atom. The minimum Gasteiger partial charge on any atom is -0.469 e. The second-order valence-electron chi connectivity index (χ2n) is 4.45. The van der Waals surface area contributed by atoms with E-state index in [9.17, 15) is 9.90 Å². The first-order valence-electron chi connectivity index (χ1n) is 5.35. The molecule has 0 heterocycles. The van der Waals surface area contributed by atoms with Crippen LogP contribution in [0.3, 0.4) is 0 Å². The summed E-state index contributed by atoms with van der Waals surface area (Å²) in [6.07, 6.45) is 5.77. The van der Waals surface area contributed by atoms with Crippen molar-refractivity contribution in [3.63, 3.8) is 0 Å². The van der Waals surface area contributed by atoms with Crippen molar-refractivity contribution in [1.29, 1.82) is 0 Å². The molecule has 1 fully saturated rings. The van der Waals surface area contributed by atoms with E-state index >= 15 is 0 Å². The highest BCUT2D eigenvalue weighted by molar-refractivity contribution is 5.70. The Morgan fingerprint density at radius 1 is 1.43 bits per heavy atom. The van der Waals surface area contributed by atoms with Crippen molar-refractivity contribution in [2.24, 2.45) is 5.92 Å². The van der Waals surface area contributed by atoms with Gasteiger partial charge in [0.1, 0.15) is 0 Å². The quantitative estimate of drug-likeness (QED) is 0.707. The topological polar surface area (TPSA) is 46.5 Å². The molecule has 1 rings (SSSR count). The highest BCUT2D eigenvalue weighted by Crippen LogP contribution is 2.34. The standard InChI is InChI=1S/C11H20O3/c1-11(13,8-10(12)14-2)9-6-4-3-5-7-9/h9,13H,3-8H2,1-2H3/t11-/m0/s1. The molecule has 1 aliphatic carbocycles. The van der Waals surface area contributed by atoms with Crippen LogP contribution < -0.4 is 0 Å². The Bertz CT molecular complexity index is 193. The van der Waals surface area contributed by atoms with Crippen LogP contribution >= 0.6 is 0 Å².